The Morgan fingerprint density at radius 3 is 2.44 bits per heavy atom. The topological polar surface area (TPSA) is 43.1 Å². The van der Waals surface area contributed by atoms with Crippen molar-refractivity contribution in [2.45, 2.75) is 24.6 Å². The summed E-state index contributed by atoms with van der Waals surface area (Å²) in [4.78, 5) is 10.3. The zero-order valence-corrected chi connectivity index (χ0v) is 5.90. The monoisotopic (exact) mass is 147 g/mol. The third-order valence-corrected chi connectivity index (χ3v) is 2.36. The van der Waals surface area contributed by atoms with Gasteiger partial charge in [-0.3, -0.25) is 4.79 Å². The average molecular weight is 148 g/mol. The van der Waals surface area contributed by atoms with E-state index in [-0.39, 0.29) is 11.3 Å². The van der Waals surface area contributed by atoms with Crippen LogP contribution >= 0.6 is 11.6 Å². The van der Waals surface area contributed by atoms with Crippen LogP contribution in [0.2, 0.25) is 0 Å². The van der Waals surface area contributed by atoms with Crippen molar-refractivity contribution in [2.24, 2.45) is 11.7 Å². The summed E-state index contributed by atoms with van der Waals surface area (Å²) in [7, 11) is 0. The standard InChI is InChI=1S/C6H10ClNO/c7-5-2-1-4(5)3-6(8)9/h4-5H,1-3H2,(H2,8,9). The second-order valence-corrected chi connectivity index (χ2v) is 3.08. The molecule has 1 amide bonds. The van der Waals surface area contributed by atoms with Crippen molar-refractivity contribution in [2.75, 3.05) is 0 Å². The molecule has 0 radical (unpaired) electrons. The number of nitrogens with two attached hydrogens (primary N) is 1. The highest BCUT2D eigenvalue weighted by Crippen LogP contribution is 2.34. The molecule has 0 heterocycles. The Labute approximate surface area is 59.4 Å². The molecule has 0 aromatic heterocycles. The molecule has 0 aromatic rings. The Morgan fingerprint density at radius 2 is 2.33 bits per heavy atom. The zero-order valence-electron chi connectivity index (χ0n) is 5.14. The normalized spacial score (nSPS) is 33.4. The van der Waals surface area contributed by atoms with Gasteiger partial charge in [-0.2, -0.15) is 0 Å². The summed E-state index contributed by atoms with van der Waals surface area (Å²) in [5.74, 6) is 0.134. The Morgan fingerprint density at radius 1 is 1.67 bits per heavy atom. The summed E-state index contributed by atoms with van der Waals surface area (Å²) in [5, 5.41) is 0.206. The molecule has 9 heavy (non-hydrogen) atoms. The number of carbonyl (C=O) groups is 1. The maximum atomic E-state index is 10.3. The van der Waals surface area contributed by atoms with Gasteiger partial charge >= 0.3 is 0 Å². The third-order valence-electron chi connectivity index (χ3n) is 1.79. The van der Waals surface area contributed by atoms with Gasteiger partial charge < -0.3 is 5.73 Å². The molecule has 0 bridgehead atoms. The van der Waals surface area contributed by atoms with Gasteiger partial charge in [0.05, 0.1) is 0 Å². The molecule has 2 atom stereocenters. The molecule has 52 valence electrons. The molecule has 1 aliphatic carbocycles. The van der Waals surface area contributed by atoms with E-state index in [0.29, 0.717) is 12.3 Å². The Hall–Kier alpha value is -0.240. The van der Waals surface area contributed by atoms with Gasteiger partial charge in [0.1, 0.15) is 0 Å². The highest BCUT2D eigenvalue weighted by molar-refractivity contribution is 6.21. The lowest BCUT2D eigenvalue weighted by molar-refractivity contribution is -0.119. The van der Waals surface area contributed by atoms with Crippen LogP contribution in [0.25, 0.3) is 0 Å². The van der Waals surface area contributed by atoms with E-state index >= 15 is 0 Å². The lowest BCUT2D eigenvalue weighted by Gasteiger charge is -2.30. The lowest BCUT2D eigenvalue weighted by Crippen LogP contribution is -2.30. The molecule has 1 fully saturated rings. The van der Waals surface area contributed by atoms with Crippen molar-refractivity contribution in [3.05, 3.63) is 0 Å². The summed E-state index contributed by atoms with van der Waals surface area (Å²) < 4.78 is 0. The number of amides is 1. The van der Waals surface area contributed by atoms with E-state index in [2.05, 4.69) is 0 Å². The van der Waals surface area contributed by atoms with Crippen LogP contribution in [-0.2, 0) is 4.79 Å². The second-order valence-electron chi connectivity index (χ2n) is 2.52. The van der Waals surface area contributed by atoms with Gasteiger partial charge in [-0.05, 0) is 18.8 Å². The molecule has 0 aromatic carbocycles. The highest BCUT2D eigenvalue weighted by atomic mass is 35.5. The van der Waals surface area contributed by atoms with Gasteiger partial charge in [-0.15, -0.1) is 11.6 Å². The second kappa shape index (κ2) is 2.56. The summed E-state index contributed by atoms with van der Waals surface area (Å²) in [6.45, 7) is 0. The summed E-state index contributed by atoms with van der Waals surface area (Å²) in [6, 6.07) is 0. The summed E-state index contributed by atoms with van der Waals surface area (Å²) >= 11 is 5.75. The molecular formula is C6H10ClNO. The van der Waals surface area contributed by atoms with Crippen molar-refractivity contribution in [3.8, 4) is 0 Å². The minimum atomic E-state index is -0.231. The number of halogens is 1. The van der Waals surface area contributed by atoms with Gasteiger partial charge in [0.15, 0.2) is 0 Å². The smallest absolute Gasteiger partial charge is 0.217 e. The molecule has 1 aliphatic rings. The predicted octanol–water partition coefficient (Wildman–Crippen LogP) is 0.879. The predicted molar refractivity (Wildman–Crippen MR) is 36.2 cm³/mol. The van der Waals surface area contributed by atoms with Gasteiger partial charge in [0.25, 0.3) is 0 Å². The highest BCUT2D eigenvalue weighted by Gasteiger charge is 2.29. The van der Waals surface area contributed by atoms with E-state index < -0.39 is 0 Å². The van der Waals surface area contributed by atoms with Crippen molar-refractivity contribution >= 4 is 17.5 Å². The van der Waals surface area contributed by atoms with Gasteiger partial charge in [0.2, 0.25) is 5.91 Å². The van der Waals surface area contributed by atoms with Crippen molar-refractivity contribution < 1.29 is 4.79 Å². The van der Waals surface area contributed by atoms with E-state index in [9.17, 15) is 4.79 Å². The van der Waals surface area contributed by atoms with Crippen molar-refractivity contribution in [1.29, 1.82) is 0 Å². The van der Waals surface area contributed by atoms with Crippen LogP contribution in [0.15, 0.2) is 0 Å². The van der Waals surface area contributed by atoms with Crippen LogP contribution in [0.5, 0.6) is 0 Å². The first kappa shape index (κ1) is 6.87. The van der Waals surface area contributed by atoms with Crippen molar-refractivity contribution in [3.63, 3.8) is 0 Å². The number of hydrogen-bond donors (Lipinski definition) is 1. The van der Waals surface area contributed by atoms with E-state index in [1.807, 2.05) is 0 Å². The van der Waals surface area contributed by atoms with Gasteiger partial charge in [-0.1, -0.05) is 0 Å². The third kappa shape index (κ3) is 1.58. The minimum Gasteiger partial charge on any atom is -0.370 e. The average Bonchev–Trinajstić information content (AvgIpc) is 1.79. The first-order chi connectivity index (χ1) is 4.20. The van der Waals surface area contributed by atoms with E-state index in [4.69, 9.17) is 17.3 Å². The zero-order chi connectivity index (χ0) is 6.85. The Balaban J connectivity index is 2.21. The SMILES string of the molecule is NC(=O)CC1CCC1Cl. The largest absolute Gasteiger partial charge is 0.370 e. The maximum absolute atomic E-state index is 10.3. The molecule has 2 unspecified atom stereocenters. The first-order valence-corrected chi connectivity index (χ1v) is 3.56. The van der Waals surface area contributed by atoms with Gasteiger partial charge in [0, 0.05) is 11.8 Å². The quantitative estimate of drug-likeness (QED) is 0.579. The summed E-state index contributed by atoms with van der Waals surface area (Å²) in [6.07, 6.45) is 2.57. The van der Waals surface area contributed by atoms with Crippen LogP contribution in [-0.4, -0.2) is 11.3 Å². The number of alkyl halides is 1. The molecule has 0 spiro atoms. The number of primary amides is 1. The molecule has 0 saturated heterocycles. The van der Waals surface area contributed by atoms with Crippen molar-refractivity contribution in [1.82, 2.24) is 0 Å². The van der Waals surface area contributed by atoms with Crippen LogP contribution in [0.4, 0.5) is 0 Å². The van der Waals surface area contributed by atoms with Gasteiger partial charge in [-0.25, -0.2) is 0 Å². The molecule has 1 rings (SSSR count). The summed E-state index contributed by atoms with van der Waals surface area (Å²) in [5.41, 5.74) is 4.97. The molecule has 1 saturated carbocycles. The van der Waals surface area contributed by atoms with Crippen LogP contribution in [0.1, 0.15) is 19.3 Å². The van der Waals surface area contributed by atoms with Crippen LogP contribution in [0, 0.1) is 5.92 Å². The number of hydrogen-bond acceptors (Lipinski definition) is 1. The Bertz CT molecular complexity index is 126. The number of carbonyl (C=O) groups excluding carboxylic acids is 1. The van der Waals surface area contributed by atoms with Crippen LogP contribution < -0.4 is 5.73 Å². The molecular weight excluding hydrogens is 138 g/mol. The fourth-order valence-corrected chi connectivity index (χ4v) is 1.36. The molecule has 0 aliphatic heterocycles. The van der Waals surface area contributed by atoms with Crippen LogP contribution in [0.3, 0.4) is 0 Å². The molecule has 2 N–H and O–H groups in total. The fourth-order valence-electron chi connectivity index (χ4n) is 1.02. The fraction of sp³-hybridized carbons (Fsp3) is 0.833. The maximum Gasteiger partial charge on any atom is 0.217 e. The minimum absolute atomic E-state index is 0.206. The molecule has 3 heteroatoms. The lowest BCUT2D eigenvalue weighted by atomic mass is 9.82. The van der Waals surface area contributed by atoms with E-state index in [0.717, 1.165) is 12.8 Å². The van der Waals surface area contributed by atoms with E-state index in [1.54, 1.807) is 0 Å². The molecule has 2 nitrogen and oxygen atoms in total. The van der Waals surface area contributed by atoms with E-state index in [1.165, 1.54) is 0 Å². The first-order valence-electron chi connectivity index (χ1n) is 3.12. The Kier molecular flexibility index (Phi) is 1.96. The number of rotatable bonds is 2.